The van der Waals surface area contributed by atoms with Crippen molar-refractivity contribution in [1.29, 1.82) is 0 Å². The third-order valence-electron chi connectivity index (χ3n) is 3.38. The van der Waals surface area contributed by atoms with Gasteiger partial charge in [-0.05, 0) is 55.1 Å². The first-order chi connectivity index (χ1) is 10.1. The van der Waals surface area contributed by atoms with Crippen molar-refractivity contribution in [2.24, 2.45) is 0 Å². The largest absolute Gasteiger partial charge is 0.376 e. The highest BCUT2D eigenvalue weighted by Crippen LogP contribution is 2.31. The molecule has 0 saturated carbocycles. The average molecular weight is 318 g/mol. The molecule has 2 aromatic heterocycles. The van der Waals surface area contributed by atoms with Gasteiger partial charge in [-0.1, -0.05) is 11.6 Å². The molecule has 0 radical (unpaired) electrons. The van der Waals surface area contributed by atoms with E-state index in [1.807, 2.05) is 35.1 Å². The maximum Gasteiger partial charge on any atom is 0.0878 e. The van der Waals surface area contributed by atoms with Crippen LogP contribution in [0, 0.1) is 6.92 Å². The summed E-state index contributed by atoms with van der Waals surface area (Å²) in [5, 5.41) is 10.7. The van der Waals surface area contributed by atoms with Crippen molar-refractivity contribution in [2.45, 2.75) is 19.9 Å². The van der Waals surface area contributed by atoms with E-state index in [4.69, 9.17) is 11.6 Å². The fourth-order valence-corrected chi connectivity index (χ4v) is 3.47. The fraction of sp³-hybridized carbons (Fsp3) is 0.188. The van der Waals surface area contributed by atoms with Crippen LogP contribution in [-0.2, 0) is 0 Å². The zero-order valence-corrected chi connectivity index (χ0v) is 13.4. The van der Waals surface area contributed by atoms with E-state index in [0.717, 1.165) is 11.4 Å². The van der Waals surface area contributed by atoms with Gasteiger partial charge in [0.2, 0.25) is 0 Å². The molecule has 3 rings (SSSR count). The van der Waals surface area contributed by atoms with E-state index in [9.17, 15) is 0 Å². The number of rotatable bonds is 4. The van der Waals surface area contributed by atoms with Crippen molar-refractivity contribution in [3.8, 4) is 5.69 Å². The second-order valence-corrected chi connectivity index (χ2v) is 6.33. The Morgan fingerprint density at radius 3 is 2.86 bits per heavy atom. The van der Waals surface area contributed by atoms with Crippen LogP contribution >= 0.6 is 22.9 Å². The molecule has 0 aliphatic carbocycles. The molecular weight excluding hydrogens is 302 g/mol. The predicted octanol–water partition coefficient (Wildman–Crippen LogP) is 5.07. The molecule has 3 aromatic rings. The lowest BCUT2D eigenvalue weighted by atomic mass is 10.1. The van der Waals surface area contributed by atoms with E-state index in [-0.39, 0.29) is 6.04 Å². The van der Waals surface area contributed by atoms with Gasteiger partial charge in [-0.3, -0.25) is 0 Å². The Kier molecular flexibility index (Phi) is 3.99. The third-order valence-corrected chi connectivity index (χ3v) is 4.81. The molecule has 0 spiro atoms. The van der Waals surface area contributed by atoms with Gasteiger partial charge < -0.3 is 5.32 Å². The van der Waals surface area contributed by atoms with Gasteiger partial charge in [0.25, 0.3) is 0 Å². The molecular formula is C16H16ClN3S. The first kappa shape index (κ1) is 14.2. The van der Waals surface area contributed by atoms with Crippen LogP contribution in [0.4, 0.5) is 5.69 Å². The summed E-state index contributed by atoms with van der Waals surface area (Å²) in [4.78, 5) is 1.33. The Balaban J connectivity index is 1.95. The van der Waals surface area contributed by atoms with E-state index in [1.54, 1.807) is 17.5 Å². The first-order valence-corrected chi connectivity index (χ1v) is 8.01. The monoisotopic (exact) mass is 317 g/mol. The van der Waals surface area contributed by atoms with Crippen LogP contribution in [0.2, 0.25) is 5.02 Å². The average Bonchev–Trinajstić information content (AvgIpc) is 3.10. The fourth-order valence-electron chi connectivity index (χ4n) is 2.36. The van der Waals surface area contributed by atoms with Crippen LogP contribution in [0.25, 0.3) is 5.69 Å². The third kappa shape index (κ3) is 2.96. The second kappa shape index (κ2) is 5.92. The minimum atomic E-state index is 0.220. The number of nitrogens with zero attached hydrogens (tertiary/aromatic N) is 2. The molecule has 0 aliphatic rings. The number of aromatic nitrogens is 2. The van der Waals surface area contributed by atoms with E-state index in [0.29, 0.717) is 5.02 Å². The Hall–Kier alpha value is -1.78. The van der Waals surface area contributed by atoms with Gasteiger partial charge in [0, 0.05) is 22.3 Å². The quantitative estimate of drug-likeness (QED) is 0.728. The first-order valence-electron chi connectivity index (χ1n) is 6.75. The van der Waals surface area contributed by atoms with Crippen molar-refractivity contribution >= 4 is 28.6 Å². The number of benzene rings is 1. The van der Waals surface area contributed by atoms with Gasteiger partial charge in [0.05, 0.1) is 17.4 Å². The lowest BCUT2D eigenvalue weighted by molar-refractivity contribution is 0.859. The molecule has 1 N–H and O–H groups in total. The smallest absolute Gasteiger partial charge is 0.0878 e. The number of hydrogen-bond acceptors (Lipinski definition) is 3. The van der Waals surface area contributed by atoms with Crippen molar-refractivity contribution < 1.29 is 0 Å². The zero-order valence-electron chi connectivity index (χ0n) is 11.9. The highest BCUT2D eigenvalue weighted by Gasteiger charge is 2.13. The minimum absolute atomic E-state index is 0.220. The molecule has 3 nitrogen and oxygen atoms in total. The maximum atomic E-state index is 6.15. The van der Waals surface area contributed by atoms with E-state index in [1.165, 1.54) is 10.4 Å². The van der Waals surface area contributed by atoms with Crippen LogP contribution in [0.1, 0.15) is 23.4 Å². The molecule has 0 fully saturated rings. The molecule has 5 heteroatoms. The van der Waals surface area contributed by atoms with E-state index >= 15 is 0 Å². The van der Waals surface area contributed by atoms with Gasteiger partial charge >= 0.3 is 0 Å². The lowest BCUT2D eigenvalue weighted by Crippen LogP contribution is -2.09. The molecule has 1 atom stereocenters. The summed E-state index contributed by atoms with van der Waals surface area (Å²) in [6.07, 6.45) is 3.70. The van der Waals surface area contributed by atoms with Crippen molar-refractivity contribution in [3.05, 3.63) is 63.6 Å². The summed E-state index contributed by atoms with van der Waals surface area (Å²) < 4.78 is 1.84. The van der Waals surface area contributed by atoms with Gasteiger partial charge in [0.1, 0.15) is 0 Å². The maximum absolute atomic E-state index is 6.15. The second-order valence-electron chi connectivity index (χ2n) is 4.95. The number of nitrogens with one attached hydrogen (secondary N) is 1. The van der Waals surface area contributed by atoms with Crippen LogP contribution in [0.15, 0.2) is 48.1 Å². The Morgan fingerprint density at radius 1 is 1.33 bits per heavy atom. The number of anilines is 1. The van der Waals surface area contributed by atoms with Crippen molar-refractivity contribution in [2.75, 3.05) is 5.32 Å². The van der Waals surface area contributed by atoms with Crippen LogP contribution < -0.4 is 5.32 Å². The summed E-state index contributed by atoms with van der Waals surface area (Å²) in [6, 6.07) is 10.1. The van der Waals surface area contributed by atoms with Gasteiger partial charge in [-0.2, -0.15) is 5.10 Å². The summed E-state index contributed by atoms with van der Waals surface area (Å²) in [6.45, 7) is 4.29. The molecule has 0 amide bonds. The highest BCUT2D eigenvalue weighted by molar-refractivity contribution is 7.10. The van der Waals surface area contributed by atoms with Gasteiger partial charge in [-0.25, -0.2) is 4.68 Å². The summed E-state index contributed by atoms with van der Waals surface area (Å²) >= 11 is 7.92. The highest BCUT2D eigenvalue weighted by atomic mass is 35.5. The lowest BCUT2D eigenvalue weighted by Gasteiger charge is -2.18. The summed E-state index contributed by atoms with van der Waals surface area (Å²) in [5.74, 6) is 0. The number of thiophene rings is 1. The number of hydrogen-bond donors (Lipinski definition) is 1. The predicted molar refractivity (Wildman–Crippen MR) is 89.7 cm³/mol. The zero-order chi connectivity index (χ0) is 14.8. The number of aryl methyl sites for hydroxylation is 1. The minimum Gasteiger partial charge on any atom is -0.376 e. The molecule has 1 unspecified atom stereocenters. The van der Waals surface area contributed by atoms with Gasteiger partial charge in [0.15, 0.2) is 0 Å². The molecule has 21 heavy (non-hydrogen) atoms. The standard InChI is InChI=1S/C16H16ClN3S/c1-11-6-9-21-16(11)12(2)19-14-10-13(17)4-5-15(14)20-8-3-7-18-20/h3-10,12,19H,1-2H3. The van der Waals surface area contributed by atoms with E-state index in [2.05, 4.69) is 35.7 Å². The Bertz CT molecular complexity index is 734. The Morgan fingerprint density at radius 2 is 2.19 bits per heavy atom. The molecule has 0 aliphatic heterocycles. The Labute approximate surface area is 133 Å². The molecule has 0 saturated heterocycles. The van der Waals surface area contributed by atoms with Crippen molar-refractivity contribution in [3.63, 3.8) is 0 Å². The van der Waals surface area contributed by atoms with Crippen LogP contribution in [-0.4, -0.2) is 9.78 Å². The molecule has 2 heterocycles. The summed E-state index contributed by atoms with van der Waals surface area (Å²) in [7, 11) is 0. The summed E-state index contributed by atoms with van der Waals surface area (Å²) in [5.41, 5.74) is 3.28. The SMILES string of the molecule is Cc1ccsc1C(C)Nc1cc(Cl)ccc1-n1cccn1. The molecule has 108 valence electrons. The molecule has 1 aromatic carbocycles. The number of halogens is 1. The van der Waals surface area contributed by atoms with Crippen LogP contribution in [0.5, 0.6) is 0 Å². The topological polar surface area (TPSA) is 29.9 Å². The molecule has 0 bridgehead atoms. The van der Waals surface area contributed by atoms with Crippen molar-refractivity contribution in [1.82, 2.24) is 9.78 Å². The normalized spacial score (nSPS) is 12.3. The van der Waals surface area contributed by atoms with Gasteiger partial charge in [-0.15, -0.1) is 11.3 Å². The van der Waals surface area contributed by atoms with E-state index < -0.39 is 0 Å². The van der Waals surface area contributed by atoms with Crippen LogP contribution in [0.3, 0.4) is 0 Å².